The van der Waals surface area contributed by atoms with E-state index >= 15 is 0 Å². The van der Waals surface area contributed by atoms with Crippen molar-refractivity contribution in [2.75, 3.05) is 6.26 Å². The number of carbonyl (C=O) groups is 1. The molecule has 0 aliphatic carbocycles. The normalized spacial score (nSPS) is 17.0. The van der Waals surface area contributed by atoms with Crippen LogP contribution in [0.25, 0.3) is 5.70 Å². The molecule has 1 aliphatic rings. The quantitative estimate of drug-likeness (QED) is 0.465. The molecular formula is C16H13N3O3S3. The summed E-state index contributed by atoms with van der Waals surface area (Å²) in [6, 6.07) is 9.11. The highest BCUT2D eigenvalue weighted by molar-refractivity contribution is 8.23. The van der Waals surface area contributed by atoms with Crippen LogP contribution in [-0.4, -0.2) is 21.4 Å². The number of hydrogen-bond acceptors (Lipinski definition) is 6. The van der Waals surface area contributed by atoms with E-state index in [1.54, 1.807) is 12.1 Å². The van der Waals surface area contributed by atoms with Gasteiger partial charge in [-0.05, 0) is 23.3 Å². The summed E-state index contributed by atoms with van der Waals surface area (Å²) in [6.07, 6.45) is 1.86. The van der Waals surface area contributed by atoms with E-state index in [1.165, 1.54) is 35.2 Å². The molecule has 3 rings (SSSR count). The first-order valence-electron chi connectivity index (χ1n) is 7.19. The number of rotatable bonds is 4. The first-order valence-corrected chi connectivity index (χ1v) is 9.70. The van der Waals surface area contributed by atoms with E-state index in [9.17, 15) is 14.9 Å². The van der Waals surface area contributed by atoms with Gasteiger partial charge in [-0.25, -0.2) is 4.79 Å². The summed E-state index contributed by atoms with van der Waals surface area (Å²) in [5, 5.41) is 18.7. The molecule has 2 N–H and O–H groups in total. The minimum atomic E-state index is -0.550. The second-order valence-corrected chi connectivity index (χ2v) is 7.57. The van der Waals surface area contributed by atoms with Crippen molar-refractivity contribution in [2.24, 2.45) is 0 Å². The van der Waals surface area contributed by atoms with Gasteiger partial charge in [0.15, 0.2) is 0 Å². The van der Waals surface area contributed by atoms with E-state index in [0.717, 1.165) is 10.5 Å². The number of thioether (sulfide) groups is 1. The van der Waals surface area contributed by atoms with E-state index < -0.39 is 11.0 Å². The summed E-state index contributed by atoms with van der Waals surface area (Å²) in [7, 11) is 0. The fourth-order valence-corrected chi connectivity index (χ4v) is 3.98. The molecule has 9 heteroatoms. The van der Waals surface area contributed by atoms with Crippen molar-refractivity contribution in [3.8, 4) is 0 Å². The van der Waals surface area contributed by atoms with E-state index in [2.05, 4.69) is 10.6 Å². The van der Waals surface area contributed by atoms with Gasteiger partial charge in [0.25, 0.3) is 5.69 Å². The molecule has 0 spiro atoms. The Morgan fingerprint density at radius 2 is 2.16 bits per heavy atom. The van der Waals surface area contributed by atoms with Crippen LogP contribution in [0.1, 0.15) is 16.5 Å². The van der Waals surface area contributed by atoms with Crippen LogP contribution in [0, 0.1) is 10.1 Å². The van der Waals surface area contributed by atoms with Gasteiger partial charge >= 0.3 is 6.03 Å². The Labute approximate surface area is 157 Å². The average Bonchev–Trinajstić information content (AvgIpc) is 3.15. The van der Waals surface area contributed by atoms with Gasteiger partial charge in [0.05, 0.1) is 25.7 Å². The maximum atomic E-state index is 12.2. The predicted molar refractivity (Wildman–Crippen MR) is 105 cm³/mol. The highest BCUT2D eigenvalue weighted by atomic mass is 32.2. The first kappa shape index (κ1) is 17.6. The molecule has 1 atom stereocenters. The number of nitrogens with zero attached hydrogens (tertiary/aromatic N) is 1. The van der Waals surface area contributed by atoms with E-state index in [0.29, 0.717) is 15.5 Å². The summed E-state index contributed by atoms with van der Waals surface area (Å²) < 4.78 is 0.618. The SMILES string of the molecule is CSC(=S)C1=C(c2cccs2)NC(=O)NC1c1cccc([N+](=O)[O-])c1. The number of nitrogens with one attached hydrogen (secondary N) is 2. The standard InChI is InChI=1S/C16H13N3O3S3/c1-24-15(23)12-13(9-4-2-5-10(8-9)19(21)22)17-16(20)18-14(12)11-6-3-7-25-11/h2-8,13H,1H3,(H2,17,18,20). The molecule has 2 heterocycles. The third-order valence-electron chi connectivity index (χ3n) is 3.66. The van der Waals surface area contributed by atoms with Gasteiger partial charge in [0.2, 0.25) is 0 Å². The molecule has 1 aliphatic heterocycles. The Morgan fingerprint density at radius 3 is 2.80 bits per heavy atom. The van der Waals surface area contributed by atoms with Crippen LogP contribution in [0.4, 0.5) is 10.5 Å². The molecular weight excluding hydrogens is 378 g/mol. The van der Waals surface area contributed by atoms with Crippen LogP contribution in [0.3, 0.4) is 0 Å². The van der Waals surface area contributed by atoms with Crippen molar-refractivity contribution in [2.45, 2.75) is 6.04 Å². The molecule has 128 valence electrons. The summed E-state index contributed by atoms with van der Waals surface area (Å²) in [5.41, 5.74) is 1.97. The lowest BCUT2D eigenvalue weighted by molar-refractivity contribution is -0.384. The molecule has 1 aromatic carbocycles. The summed E-state index contributed by atoms with van der Waals surface area (Å²) in [4.78, 5) is 23.7. The third-order valence-corrected chi connectivity index (χ3v) is 5.86. The van der Waals surface area contributed by atoms with Gasteiger partial charge in [0.1, 0.15) is 0 Å². The molecule has 6 nitrogen and oxygen atoms in total. The number of carbonyl (C=O) groups excluding carboxylic acids is 1. The molecule has 1 unspecified atom stereocenters. The highest BCUT2D eigenvalue weighted by Gasteiger charge is 2.32. The minimum absolute atomic E-state index is 0.0302. The largest absolute Gasteiger partial charge is 0.327 e. The van der Waals surface area contributed by atoms with Crippen LogP contribution in [0.15, 0.2) is 47.4 Å². The Morgan fingerprint density at radius 1 is 1.36 bits per heavy atom. The fourth-order valence-electron chi connectivity index (χ4n) is 2.58. The van der Waals surface area contributed by atoms with Crippen molar-refractivity contribution in [1.82, 2.24) is 10.6 Å². The van der Waals surface area contributed by atoms with Gasteiger partial charge in [-0.2, -0.15) is 0 Å². The topological polar surface area (TPSA) is 84.3 Å². The number of nitro benzene ring substituents is 1. The zero-order valence-corrected chi connectivity index (χ0v) is 15.5. The molecule has 0 fully saturated rings. The number of nitro groups is 1. The van der Waals surface area contributed by atoms with Crippen molar-refractivity contribution < 1.29 is 9.72 Å². The fraction of sp³-hybridized carbons (Fsp3) is 0.125. The second kappa shape index (κ2) is 7.34. The Balaban J connectivity index is 2.18. The summed E-state index contributed by atoms with van der Waals surface area (Å²) >= 11 is 8.40. The van der Waals surface area contributed by atoms with E-state index in [1.807, 2.05) is 23.8 Å². The van der Waals surface area contributed by atoms with Gasteiger partial charge in [-0.1, -0.05) is 30.4 Å². The maximum Gasteiger partial charge on any atom is 0.320 e. The molecule has 0 radical (unpaired) electrons. The van der Waals surface area contributed by atoms with Crippen LogP contribution in [0.5, 0.6) is 0 Å². The number of non-ortho nitro benzene ring substituents is 1. The lowest BCUT2D eigenvalue weighted by Gasteiger charge is -2.30. The lowest BCUT2D eigenvalue weighted by Crippen LogP contribution is -2.44. The summed E-state index contributed by atoms with van der Waals surface area (Å²) in [5.74, 6) is 0. The zero-order chi connectivity index (χ0) is 18.0. The van der Waals surface area contributed by atoms with Gasteiger partial charge in [0, 0.05) is 17.7 Å². The number of thiophene rings is 1. The average molecular weight is 391 g/mol. The molecule has 2 aromatic rings. The number of benzene rings is 1. The van der Waals surface area contributed by atoms with Crippen LogP contribution in [-0.2, 0) is 0 Å². The van der Waals surface area contributed by atoms with Crippen LogP contribution in [0.2, 0.25) is 0 Å². The van der Waals surface area contributed by atoms with E-state index in [-0.39, 0.29) is 11.7 Å². The second-order valence-electron chi connectivity index (χ2n) is 5.14. The number of amides is 2. The number of hydrogen-bond donors (Lipinski definition) is 2. The Hall–Kier alpha value is -2.23. The van der Waals surface area contributed by atoms with Crippen molar-refractivity contribution in [1.29, 1.82) is 0 Å². The van der Waals surface area contributed by atoms with Crippen LogP contribution >= 0.6 is 35.3 Å². The Bertz CT molecular complexity index is 878. The molecule has 25 heavy (non-hydrogen) atoms. The van der Waals surface area contributed by atoms with Crippen molar-refractivity contribution >= 4 is 56.9 Å². The van der Waals surface area contributed by atoms with Gasteiger partial charge in [-0.3, -0.25) is 10.1 Å². The zero-order valence-electron chi connectivity index (χ0n) is 13.0. The highest BCUT2D eigenvalue weighted by Crippen LogP contribution is 2.36. The van der Waals surface area contributed by atoms with Gasteiger partial charge < -0.3 is 10.6 Å². The predicted octanol–water partition coefficient (Wildman–Crippen LogP) is 4.11. The molecule has 0 saturated heterocycles. The summed E-state index contributed by atoms with van der Waals surface area (Å²) in [6.45, 7) is 0. The lowest BCUT2D eigenvalue weighted by atomic mass is 9.95. The van der Waals surface area contributed by atoms with Crippen molar-refractivity contribution in [3.05, 3.63) is 67.9 Å². The molecule has 0 saturated carbocycles. The van der Waals surface area contributed by atoms with E-state index in [4.69, 9.17) is 12.2 Å². The minimum Gasteiger partial charge on any atom is -0.327 e. The molecule has 2 amide bonds. The maximum absolute atomic E-state index is 12.2. The third kappa shape index (κ3) is 3.58. The van der Waals surface area contributed by atoms with Gasteiger partial charge in [-0.15, -0.1) is 23.1 Å². The number of thiocarbonyl (C=S) groups is 1. The first-order chi connectivity index (χ1) is 12.0. The van der Waals surface area contributed by atoms with Crippen molar-refractivity contribution in [3.63, 3.8) is 0 Å². The Kier molecular flexibility index (Phi) is 5.16. The molecule has 1 aromatic heterocycles. The van der Waals surface area contributed by atoms with Crippen LogP contribution < -0.4 is 10.6 Å². The number of urea groups is 1. The molecule has 0 bridgehead atoms. The monoisotopic (exact) mass is 391 g/mol. The smallest absolute Gasteiger partial charge is 0.320 e.